The van der Waals surface area contributed by atoms with Gasteiger partial charge in [0, 0.05) is 22.1 Å². The van der Waals surface area contributed by atoms with Crippen molar-refractivity contribution in [2.75, 3.05) is 0 Å². The van der Waals surface area contributed by atoms with Crippen LogP contribution in [0.15, 0.2) is 34.9 Å². The predicted octanol–water partition coefficient (Wildman–Crippen LogP) is 3.65. The summed E-state index contributed by atoms with van der Waals surface area (Å²) in [6.45, 7) is 0. The third-order valence-electron chi connectivity index (χ3n) is 3.71. The molecule has 0 saturated heterocycles. The predicted molar refractivity (Wildman–Crippen MR) is 80.3 cm³/mol. The Bertz CT molecular complexity index is 587. The Hall–Kier alpha value is -1.13. The molecule has 0 radical (unpaired) electrons. The van der Waals surface area contributed by atoms with E-state index >= 15 is 0 Å². The van der Waals surface area contributed by atoms with E-state index in [1.165, 1.54) is 12.8 Å². The zero-order valence-electron chi connectivity index (χ0n) is 10.7. The first-order valence-electron chi connectivity index (χ1n) is 6.71. The maximum atomic E-state index is 6.15. The fraction of sp³-hybridized carbons (Fsp3) is 0.400. The molecule has 2 N–H and O–H groups in total. The Morgan fingerprint density at radius 1 is 1.21 bits per heavy atom. The summed E-state index contributed by atoms with van der Waals surface area (Å²) in [5, 5.41) is 1.04. The van der Waals surface area contributed by atoms with Gasteiger partial charge in [-0.2, -0.15) is 0 Å². The van der Waals surface area contributed by atoms with Crippen molar-refractivity contribution in [2.45, 2.75) is 37.8 Å². The number of fused-ring (bicyclic) bond motifs is 1. The van der Waals surface area contributed by atoms with E-state index in [1.807, 2.05) is 24.3 Å². The zero-order valence-corrected chi connectivity index (χ0v) is 12.3. The molecule has 3 rings (SSSR count). The molecule has 19 heavy (non-hydrogen) atoms. The van der Waals surface area contributed by atoms with E-state index in [0.717, 1.165) is 34.0 Å². The number of hydrogen-bond acceptors (Lipinski definition) is 3. The molecule has 1 aromatic carbocycles. The molecule has 3 nitrogen and oxygen atoms in total. The third-order valence-corrected chi connectivity index (χ3v) is 4.35. The monoisotopic (exact) mass is 320 g/mol. The Balaban J connectivity index is 1.94. The lowest BCUT2D eigenvalue weighted by molar-refractivity contribution is 0.134. The molecule has 2 unspecified atom stereocenters. The van der Waals surface area contributed by atoms with Crippen LogP contribution in [-0.2, 0) is 0 Å². The average Bonchev–Trinajstić information content (AvgIpc) is 2.42. The average molecular weight is 321 g/mol. The third kappa shape index (κ3) is 2.60. The summed E-state index contributed by atoms with van der Waals surface area (Å²) in [5.41, 5.74) is 7.09. The molecular formula is C15H17BrN2O. The first kappa shape index (κ1) is 12.9. The molecule has 0 amide bonds. The van der Waals surface area contributed by atoms with Crippen LogP contribution in [-0.4, -0.2) is 17.1 Å². The van der Waals surface area contributed by atoms with E-state index < -0.39 is 0 Å². The number of rotatable bonds is 2. The van der Waals surface area contributed by atoms with Gasteiger partial charge < -0.3 is 10.5 Å². The molecule has 2 atom stereocenters. The van der Waals surface area contributed by atoms with Crippen LogP contribution in [0.3, 0.4) is 0 Å². The number of ether oxygens (including phenoxy) is 1. The molecule has 1 saturated carbocycles. The number of aromatic nitrogens is 1. The molecule has 1 aliphatic carbocycles. The van der Waals surface area contributed by atoms with Gasteiger partial charge in [-0.25, -0.2) is 0 Å². The highest BCUT2D eigenvalue weighted by molar-refractivity contribution is 9.10. The summed E-state index contributed by atoms with van der Waals surface area (Å²) >= 11 is 3.53. The fourth-order valence-electron chi connectivity index (χ4n) is 2.65. The molecule has 1 heterocycles. The summed E-state index contributed by atoms with van der Waals surface area (Å²) in [7, 11) is 0. The standard InChI is InChI=1S/C15H17BrN2O/c16-11-5-3-4-10-13(8-9-18-15(10)11)19-14-7-2-1-6-12(14)17/h3-5,8-9,12,14H,1-2,6-7,17H2. The molecule has 1 aliphatic rings. The summed E-state index contributed by atoms with van der Waals surface area (Å²) < 4.78 is 7.14. The van der Waals surface area contributed by atoms with Crippen molar-refractivity contribution in [1.82, 2.24) is 4.98 Å². The second-order valence-corrected chi connectivity index (χ2v) is 5.90. The van der Waals surface area contributed by atoms with Gasteiger partial charge in [-0.15, -0.1) is 0 Å². The quantitative estimate of drug-likeness (QED) is 0.918. The minimum atomic E-state index is 0.123. The molecular weight excluding hydrogens is 304 g/mol. The Morgan fingerprint density at radius 3 is 2.89 bits per heavy atom. The lowest BCUT2D eigenvalue weighted by atomic mass is 9.93. The first-order valence-corrected chi connectivity index (χ1v) is 7.50. The number of pyridine rings is 1. The summed E-state index contributed by atoms with van der Waals surface area (Å²) in [4.78, 5) is 4.40. The second kappa shape index (κ2) is 5.47. The van der Waals surface area contributed by atoms with Gasteiger partial charge in [-0.3, -0.25) is 4.98 Å². The zero-order chi connectivity index (χ0) is 13.2. The second-order valence-electron chi connectivity index (χ2n) is 5.05. The van der Waals surface area contributed by atoms with Crippen molar-refractivity contribution >= 4 is 26.8 Å². The Labute approximate surface area is 121 Å². The van der Waals surface area contributed by atoms with Crippen molar-refractivity contribution < 1.29 is 4.74 Å². The minimum absolute atomic E-state index is 0.123. The van der Waals surface area contributed by atoms with Crippen molar-refractivity contribution in [2.24, 2.45) is 5.73 Å². The van der Waals surface area contributed by atoms with E-state index in [2.05, 4.69) is 20.9 Å². The van der Waals surface area contributed by atoms with Crippen LogP contribution in [0.1, 0.15) is 25.7 Å². The van der Waals surface area contributed by atoms with Gasteiger partial charge in [0.05, 0.1) is 5.52 Å². The lowest BCUT2D eigenvalue weighted by Gasteiger charge is -2.29. The van der Waals surface area contributed by atoms with Crippen LogP contribution in [0.5, 0.6) is 5.75 Å². The molecule has 4 heteroatoms. The minimum Gasteiger partial charge on any atom is -0.488 e. The van der Waals surface area contributed by atoms with Gasteiger partial charge in [0.1, 0.15) is 11.9 Å². The molecule has 0 spiro atoms. The molecule has 100 valence electrons. The molecule has 1 fully saturated rings. The summed E-state index contributed by atoms with van der Waals surface area (Å²) in [5.74, 6) is 0.883. The van der Waals surface area contributed by atoms with Gasteiger partial charge in [0.15, 0.2) is 0 Å². The van der Waals surface area contributed by atoms with Gasteiger partial charge in [-0.1, -0.05) is 12.5 Å². The highest BCUT2D eigenvalue weighted by Crippen LogP contribution is 2.31. The highest BCUT2D eigenvalue weighted by atomic mass is 79.9. The number of halogens is 1. The van der Waals surface area contributed by atoms with Crippen LogP contribution in [0.2, 0.25) is 0 Å². The molecule has 0 aliphatic heterocycles. The molecule has 1 aromatic heterocycles. The smallest absolute Gasteiger partial charge is 0.130 e. The lowest BCUT2D eigenvalue weighted by Crippen LogP contribution is -2.41. The molecule has 0 bridgehead atoms. The largest absolute Gasteiger partial charge is 0.488 e. The maximum absolute atomic E-state index is 6.15. The van der Waals surface area contributed by atoms with Crippen molar-refractivity contribution in [3.63, 3.8) is 0 Å². The van der Waals surface area contributed by atoms with Gasteiger partial charge in [-0.05, 0) is 53.4 Å². The first-order chi connectivity index (χ1) is 9.25. The van der Waals surface area contributed by atoms with Gasteiger partial charge >= 0.3 is 0 Å². The van der Waals surface area contributed by atoms with E-state index in [1.54, 1.807) is 6.20 Å². The van der Waals surface area contributed by atoms with Crippen LogP contribution >= 0.6 is 15.9 Å². The number of hydrogen-bond donors (Lipinski definition) is 1. The van der Waals surface area contributed by atoms with Crippen LogP contribution in [0.25, 0.3) is 10.9 Å². The SMILES string of the molecule is NC1CCCCC1Oc1ccnc2c(Br)cccc12. The van der Waals surface area contributed by atoms with Gasteiger partial charge in [0.25, 0.3) is 0 Å². The van der Waals surface area contributed by atoms with Gasteiger partial charge in [0.2, 0.25) is 0 Å². The number of para-hydroxylation sites is 1. The summed E-state index contributed by atoms with van der Waals surface area (Å²) in [6.07, 6.45) is 6.42. The topological polar surface area (TPSA) is 48.1 Å². The van der Waals surface area contributed by atoms with Crippen LogP contribution in [0, 0.1) is 0 Å². The number of nitrogens with two attached hydrogens (primary N) is 1. The highest BCUT2D eigenvalue weighted by Gasteiger charge is 2.24. The van der Waals surface area contributed by atoms with Crippen molar-refractivity contribution in [3.05, 3.63) is 34.9 Å². The molecule has 2 aromatic rings. The Morgan fingerprint density at radius 2 is 2.05 bits per heavy atom. The van der Waals surface area contributed by atoms with Crippen molar-refractivity contribution in [3.8, 4) is 5.75 Å². The maximum Gasteiger partial charge on any atom is 0.130 e. The summed E-state index contributed by atoms with van der Waals surface area (Å²) in [6, 6.07) is 8.10. The van der Waals surface area contributed by atoms with E-state index in [-0.39, 0.29) is 12.1 Å². The van der Waals surface area contributed by atoms with E-state index in [9.17, 15) is 0 Å². The fourth-order valence-corrected chi connectivity index (χ4v) is 3.12. The van der Waals surface area contributed by atoms with E-state index in [0.29, 0.717) is 0 Å². The normalized spacial score (nSPS) is 23.5. The van der Waals surface area contributed by atoms with Crippen LogP contribution < -0.4 is 10.5 Å². The van der Waals surface area contributed by atoms with Crippen molar-refractivity contribution in [1.29, 1.82) is 0 Å². The Kier molecular flexibility index (Phi) is 3.71. The number of nitrogens with zero attached hydrogens (tertiary/aromatic N) is 1. The van der Waals surface area contributed by atoms with Crippen LogP contribution in [0.4, 0.5) is 0 Å². The number of benzene rings is 1. The van der Waals surface area contributed by atoms with E-state index in [4.69, 9.17) is 10.5 Å².